The van der Waals surface area contributed by atoms with Crippen LogP contribution in [0.25, 0.3) is 0 Å². The highest BCUT2D eigenvalue weighted by atomic mass is 19.1. The Balaban J connectivity index is 3.04. The van der Waals surface area contributed by atoms with Crippen LogP contribution in [0.4, 0.5) is 8.78 Å². The molecule has 19 heavy (non-hydrogen) atoms. The average Bonchev–Trinajstić information content (AvgIpc) is 2.31. The Labute approximate surface area is 110 Å². The number of halogens is 2. The molecule has 0 aromatic heterocycles. The fourth-order valence-corrected chi connectivity index (χ4v) is 1.68. The van der Waals surface area contributed by atoms with Gasteiger partial charge in [0.15, 0.2) is 5.88 Å². The molecule has 0 saturated carbocycles. The van der Waals surface area contributed by atoms with E-state index in [1.54, 1.807) is 6.92 Å². The smallest absolute Gasteiger partial charge is 0.177 e. The van der Waals surface area contributed by atoms with Gasteiger partial charge in [0.2, 0.25) is 0 Å². The van der Waals surface area contributed by atoms with Gasteiger partial charge in [-0.1, -0.05) is 6.07 Å². The van der Waals surface area contributed by atoms with E-state index in [-0.39, 0.29) is 18.2 Å². The molecule has 0 spiro atoms. The lowest BCUT2D eigenvalue weighted by Crippen LogP contribution is -2.25. The highest BCUT2D eigenvalue weighted by Crippen LogP contribution is 2.28. The Hall–Kier alpha value is -1.66. The van der Waals surface area contributed by atoms with E-state index in [4.69, 9.17) is 19.9 Å². The van der Waals surface area contributed by atoms with Crippen LogP contribution in [0.3, 0.4) is 0 Å². The van der Waals surface area contributed by atoms with Crippen molar-refractivity contribution in [1.29, 1.82) is 0 Å². The molecule has 0 bridgehead atoms. The van der Waals surface area contributed by atoms with E-state index < -0.39 is 23.8 Å². The minimum Gasteiger partial charge on any atom is -0.474 e. The maximum atomic E-state index is 13.8. The molecular weight excluding hydrogens is 256 g/mol. The van der Waals surface area contributed by atoms with Crippen molar-refractivity contribution in [3.8, 4) is 0 Å². The van der Waals surface area contributed by atoms with Gasteiger partial charge in [0, 0.05) is 7.11 Å². The third-order valence-electron chi connectivity index (χ3n) is 2.41. The Morgan fingerprint density at radius 1 is 1.37 bits per heavy atom. The zero-order valence-corrected chi connectivity index (χ0v) is 10.9. The van der Waals surface area contributed by atoms with E-state index in [1.165, 1.54) is 13.2 Å². The maximum absolute atomic E-state index is 13.8. The van der Waals surface area contributed by atoms with Gasteiger partial charge in [-0.15, -0.1) is 0 Å². The zero-order valence-electron chi connectivity index (χ0n) is 10.9. The number of rotatable bonds is 7. The third kappa shape index (κ3) is 4.18. The van der Waals surface area contributed by atoms with Gasteiger partial charge in [-0.05, 0) is 25.6 Å². The number of ether oxygens (including phenoxy) is 3. The molecule has 6 heteroatoms. The van der Waals surface area contributed by atoms with Crippen molar-refractivity contribution in [3.05, 3.63) is 47.9 Å². The first-order chi connectivity index (χ1) is 8.97. The van der Waals surface area contributed by atoms with Crippen molar-refractivity contribution in [3.63, 3.8) is 0 Å². The quantitative estimate of drug-likeness (QED) is 0.612. The second-order valence-corrected chi connectivity index (χ2v) is 3.92. The van der Waals surface area contributed by atoms with Gasteiger partial charge >= 0.3 is 0 Å². The Kier molecular flexibility index (Phi) is 5.72. The lowest BCUT2D eigenvalue weighted by molar-refractivity contribution is -0.118. The van der Waals surface area contributed by atoms with E-state index in [2.05, 4.69) is 6.58 Å². The van der Waals surface area contributed by atoms with Gasteiger partial charge < -0.3 is 19.9 Å². The molecule has 0 aliphatic carbocycles. The number of methoxy groups -OCH3 is 1. The summed E-state index contributed by atoms with van der Waals surface area (Å²) in [5, 5.41) is 0. The highest BCUT2D eigenvalue weighted by Gasteiger charge is 2.28. The third-order valence-corrected chi connectivity index (χ3v) is 2.41. The molecule has 0 amide bonds. The highest BCUT2D eigenvalue weighted by molar-refractivity contribution is 5.23. The molecule has 1 rings (SSSR count). The number of hydrogen-bond acceptors (Lipinski definition) is 4. The summed E-state index contributed by atoms with van der Waals surface area (Å²) in [5.41, 5.74) is 5.09. The van der Waals surface area contributed by atoms with Crippen LogP contribution in [0.15, 0.2) is 30.7 Å². The molecule has 2 atom stereocenters. The number of benzene rings is 1. The van der Waals surface area contributed by atoms with Crippen LogP contribution in [0.2, 0.25) is 0 Å². The molecule has 106 valence electrons. The van der Waals surface area contributed by atoms with Crippen molar-refractivity contribution in [1.82, 2.24) is 0 Å². The van der Waals surface area contributed by atoms with Crippen LogP contribution in [0.5, 0.6) is 0 Å². The fourth-order valence-electron chi connectivity index (χ4n) is 1.68. The Bertz CT molecular complexity index is 420. The predicted molar refractivity (Wildman–Crippen MR) is 65.9 cm³/mol. The van der Waals surface area contributed by atoms with Gasteiger partial charge in [0.25, 0.3) is 0 Å². The molecule has 1 aromatic rings. The van der Waals surface area contributed by atoms with Crippen LogP contribution in [0, 0.1) is 11.6 Å². The van der Waals surface area contributed by atoms with Crippen molar-refractivity contribution in [2.24, 2.45) is 5.73 Å². The molecule has 0 aliphatic heterocycles. The first kappa shape index (κ1) is 15.4. The van der Waals surface area contributed by atoms with Crippen LogP contribution in [-0.2, 0) is 14.2 Å². The minimum atomic E-state index is -0.999. The van der Waals surface area contributed by atoms with Gasteiger partial charge in [-0.3, -0.25) is 0 Å². The molecule has 0 unspecified atom stereocenters. The monoisotopic (exact) mass is 273 g/mol. The Morgan fingerprint density at radius 2 is 1.95 bits per heavy atom. The predicted octanol–water partition coefficient (Wildman–Crippen LogP) is 2.46. The standard InChI is InChI=1S/C13H17F2NO3/c1-8(19-9(2)16)13(18-7-17-3)12-10(14)5-4-6-11(12)15/h4-6,8,13H,2,7,16H2,1,3H3/t8-,13+/m0/s1. The van der Waals surface area contributed by atoms with Crippen LogP contribution in [-0.4, -0.2) is 20.0 Å². The summed E-state index contributed by atoms with van der Waals surface area (Å²) < 4.78 is 42.7. The second kappa shape index (κ2) is 7.06. The Morgan fingerprint density at radius 3 is 2.42 bits per heavy atom. The summed E-state index contributed by atoms with van der Waals surface area (Å²) >= 11 is 0. The summed E-state index contributed by atoms with van der Waals surface area (Å²) in [6.07, 6.45) is -1.72. The molecule has 0 heterocycles. The van der Waals surface area contributed by atoms with E-state index in [0.29, 0.717) is 0 Å². The van der Waals surface area contributed by atoms with Crippen molar-refractivity contribution in [2.75, 3.05) is 13.9 Å². The van der Waals surface area contributed by atoms with Gasteiger partial charge in [-0.2, -0.15) is 0 Å². The van der Waals surface area contributed by atoms with E-state index in [9.17, 15) is 8.78 Å². The van der Waals surface area contributed by atoms with Crippen molar-refractivity contribution < 1.29 is 23.0 Å². The zero-order chi connectivity index (χ0) is 14.4. The molecule has 0 fully saturated rings. The largest absolute Gasteiger partial charge is 0.474 e. The van der Waals surface area contributed by atoms with Gasteiger partial charge in [0.1, 0.15) is 30.6 Å². The van der Waals surface area contributed by atoms with Crippen molar-refractivity contribution >= 4 is 0 Å². The average molecular weight is 273 g/mol. The van der Waals surface area contributed by atoms with Gasteiger partial charge in [0.05, 0.1) is 5.56 Å². The molecule has 2 N–H and O–H groups in total. The normalized spacial score (nSPS) is 13.9. The summed E-state index contributed by atoms with van der Waals surface area (Å²) in [5.74, 6) is -1.51. The molecule has 0 radical (unpaired) electrons. The molecule has 0 aliphatic rings. The van der Waals surface area contributed by atoms with Gasteiger partial charge in [-0.25, -0.2) is 8.78 Å². The number of hydrogen-bond donors (Lipinski definition) is 1. The fraction of sp³-hybridized carbons (Fsp3) is 0.385. The molecular formula is C13H17F2NO3. The first-order valence-electron chi connectivity index (χ1n) is 5.62. The first-order valence-corrected chi connectivity index (χ1v) is 5.62. The second-order valence-electron chi connectivity index (χ2n) is 3.92. The topological polar surface area (TPSA) is 53.7 Å². The summed E-state index contributed by atoms with van der Waals surface area (Å²) in [6, 6.07) is 3.56. The van der Waals surface area contributed by atoms with E-state index in [1.807, 2.05) is 0 Å². The lowest BCUT2D eigenvalue weighted by atomic mass is 10.0. The SMILES string of the molecule is C=C(N)O[C@@H](C)[C@@H](OCOC)c1c(F)cccc1F. The molecule has 0 saturated heterocycles. The van der Waals surface area contributed by atoms with E-state index >= 15 is 0 Å². The molecule has 4 nitrogen and oxygen atoms in total. The summed E-state index contributed by atoms with van der Waals surface area (Å²) in [6.45, 7) is 4.82. The van der Waals surface area contributed by atoms with E-state index in [0.717, 1.165) is 12.1 Å². The van der Waals surface area contributed by atoms with Crippen LogP contribution >= 0.6 is 0 Å². The minimum absolute atomic E-state index is 0.0599. The summed E-state index contributed by atoms with van der Waals surface area (Å²) in [4.78, 5) is 0. The molecule has 1 aromatic carbocycles. The maximum Gasteiger partial charge on any atom is 0.177 e. The number of nitrogens with two attached hydrogens (primary N) is 1. The lowest BCUT2D eigenvalue weighted by Gasteiger charge is -2.25. The van der Waals surface area contributed by atoms with Crippen LogP contribution < -0.4 is 5.73 Å². The van der Waals surface area contributed by atoms with Crippen LogP contribution in [0.1, 0.15) is 18.6 Å². The van der Waals surface area contributed by atoms with Crippen molar-refractivity contribution in [2.45, 2.75) is 19.1 Å². The summed E-state index contributed by atoms with van der Waals surface area (Å²) in [7, 11) is 1.40.